The van der Waals surface area contributed by atoms with Crippen LogP contribution in [-0.2, 0) is 6.42 Å². The second-order valence-electron chi connectivity index (χ2n) is 7.95. The molecule has 2 aromatic carbocycles. The molecule has 0 radical (unpaired) electrons. The molecule has 3 aromatic heterocycles. The Labute approximate surface area is 206 Å². The van der Waals surface area contributed by atoms with Crippen LogP contribution in [0.1, 0.15) is 12.6 Å². The van der Waals surface area contributed by atoms with E-state index in [-0.39, 0.29) is 11.1 Å². The van der Waals surface area contributed by atoms with Crippen molar-refractivity contribution in [2.45, 2.75) is 13.3 Å². The molecule has 0 saturated carbocycles. The van der Waals surface area contributed by atoms with E-state index < -0.39 is 0 Å². The van der Waals surface area contributed by atoms with Crippen LogP contribution in [0.2, 0.25) is 0 Å². The first-order valence-corrected chi connectivity index (χ1v) is 11.3. The molecule has 0 bridgehead atoms. The lowest BCUT2D eigenvalue weighted by atomic mass is 10.0. The van der Waals surface area contributed by atoms with Crippen LogP contribution >= 0.6 is 0 Å². The van der Waals surface area contributed by atoms with E-state index >= 15 is 0 Å². The minimum atomic E-state index is -0.351. The first-order chi connectivity index (χ1) is 17.5. The zero-order valence-electron chi connectivity index (χ0n) is 20.6. The maximum Gasteiger partial charge on any atom is 0.285 e. The molecule has 0 N–H and O–H groups in total. The lowest BCUT2D eigenvalue weighted by molar-refractivity contribution is 0.324. The number of aryl methyl sites for hydroxylation is 1. The van der Waals surface area contributed by atoms with Crippen molar-refractivity contribution in [1.82, 2.24) is 24.4 Å². The summed E-state index contributed by atoms with van der Waals surface area (Å²) in [7, 11) is 6.20. The second-order valence-corrected chi connectivity index (χ2v) is 7.95. The van der Waals surface area contributed by atoms with Gasteiger partial charge >= 0.3 is 0 Å². The second kappa shape index (κ2) is 9.21. The molecular formula is C26H25N5O5. The van der Waals surface area contributed by atoms with Crippen molar-refractivity contribution in [2.24, 2.45) is 0 Å². The Morgan fingerprint density at radius 2 is 1.56 bits per heavy atom. The molecule has 10 heteroatoms. The van der Waals surface area contributed by atoms with Gasteiger partial charge in [-0.1, -0.05) is 19.1 Å². The van der Waals surface area contributed by atoms with Crippen LogP contribution in [-0.4, -0.2) is 52.8 Å². The fourth-order valence-corrected chi connectivity index (χ4v) is 4.30. The van der Waals surface area contributed by atoms with E-state index in [2.05, 4.69) is 10.2 Å². The van der Waals surface area contributed by atoms with Crippen LogP contribution < -0.4 is 24.5 Å². The molecule has 0 unspecified atom stereocenters. The number of nitrogens with zero attached hydrogens (tertiary/aromatic N) is 5. The van der Waals surface area contributed by atoms with Crippen LogP contribution in [0.3, 0.4) is 0 Å². The van der Waals surface area contributed by atoms with Gasteiger partial charge in [0.2, 0.25) is 5.75 Å². The third-order valence-electron chi connectivity index (χ3n) is 6.09. The van der Waals surface area contributed by atoms with Crippen molar-refractivity contribution < 1.29 is 18.9 Å². The summed E-state index contributed by atoms with van der Waals surface area (Å²) in [4.78, 5) is 13.5. The zero-order valence-corrected chi connectivity index (χ0v) is 20.6. The van der Waals surface area contributed by atoms with Gasteiger partial charge in [-0.3, -0.25) is 9.36 Å². The van der Waals surface area contributed by atoms with E-state index in [0.717, 1.165) is 22.6 Å². The van der Waals surface area contributed by atoms with E-state index in [9.17, 15) is 4.79 Å². The minimum Gasteiger partial charge on any atom is -0.497 e. The lowest BCUT2D eigenvalue weighted by Crippen LogP contribution is -2.20. The van der Waals surface area contributed by atoms with E-state index in [1.807, 2.05) is 31.2 Å². The molecule has 0 saturated heterocycles. The Balaban J connectivity index is 1.71. The SMILES string of the molecule is CCc1nn2c(nnc3c(=O)n(-c4cc(OC)c(OC)c(OC)c4)ccc32)c1-c1ccc(OC)cc1. The fourth-order valence-electron chi connectivity index (χ4n) is 4.30. The topological polar surface area (TPSA) is 102 Å². The maximum absolute atomic E-state index is 13.5. The van der Waals surface area contributed by atoms with E-state index in [0.29, 0.717) is 40.5 Å². The standard InChI is InChI=1S/C26H25N5O5/c1-6-18-22(15-7-9-17(33-2)10-8-15)25-28-27-23-19(31(25)29-18)11-12-30(26(23)32)16-13-20(34-3)24(36-5)21(14-16)35-4/h7-14H,6H2,1-5H3. The monoisotopic (exact) mass is 487 g/mol. The summed E-state index contributed by atoms with van der Waals surface area (Å²) < 4.78 is 24.7. The summed E-state index contributed by atoms with van der Waals surface area (Å²) in [5.74, 6) is 2.07. The molecule has 0 spiro atoms. The van der Waals surface area contributed by atoms with Gasteiger partial charge in [-0.25, -0.2) is 4.52 Å². The number of ether oxygens (including phenoxy) is 4. The normalized spacial score (nSPS) is 11.1. The van der Waals surface area contributed by atoms with Crippen molar-refractivity contribution >= 4 is 16.7 Å². The Morgan fingerprint density at radius 3 is 2.14 bits per heavy atom. The molecule has 0 amide bonds. The van der Waals surface area contributed by atoms with Crippen LogP contribution in [0.25, 0.3) is 33.5 Å². The van der Waals surface area contributed by atoms with E-state index in [1.165, 1.54) is 25.9 Å². The third kappa shape index (κ3) is 3.58. The minimum absolute atomic E-state index is 0.185. The molecule has 0 aliphatic carbocycles. The first-order valence-electron chi connectivity index (χ1n) is 11.3. The predicted molar refractivity (Wildman–Crippen MR) is 135 cm³/mol. The van der Waals surface area contributed by atoms with Gasteiger partial charge in [0.05, 0.1) is 45.4 Å². The molecule has 0 aliphatic heterocycles. The van der Waals surface area contributed by atoms with Crippen molar-refractivity contribution in [3.8, 4) is 39.8 Å². The number of aromatic nitrogens is 5. The summed E-state index contributed by atoms with van der Waals surface area (Å²) in [5, 5.41) is 13.5. The highest BCUT2D eigenvalue weighted by atomic mass is 16.5. The molecule has 0 fully saturated rings. The number of fused-ring (bicyclic) bond motifs is 3. The van der Waals surface area contributed by atoms with Gasteiger partial charge in [0.1, 0.15) is 11.3 Å². The smallest absolute Gasteiger partial charge is 0.285 e. The molecule has 10 nitrogen and oxygen atoms in total. The van der Waals surface area contributed by atoms with Crippen molar-refractivity contribution in [1.29, 1.82) is 0 Å². The molecular weight excluding hydrogens is 462 g/mol. The van der Waals surface area contributed by atoms with Gasteiger partial charge in [0.15, 0.2) is 22.7 Å². The van der Waals surface area contributed by atoms with Crippen LogP contribution in [0, 0.1) is 0 Å². The third-order valence-corrected chi connectivity index (χ3v) is 6.09. The zero-order chi connectivity index (χ0) is 25.4. The van der Waals surface area contributed by atoms with Gasteiger partial charge in [-0.05, 0) is 30.2 Å². The summed E-state index contributed by atoms with van der Waals surface area (Å²) >= 11 is 0. The number of methoxy groups -OCH3 is 4. The Morgan fingerprint density at radius 1 is 0.861 bits per heavy atom. The van der Waals surface area contributed by atoms with Gasteiger partial charge in [-0.2, -0.15) is 5.10 Å². The number of pyridine rings is 1. The molecule has 0 aliphatic rings. The van der Waals surface area contributed by atoms with Crippen molar-refractivity contribution in [3.63, 3.8) is 0 Å². The van der Waals surface area contributed by atoms with Crippen LogP contribution in [0.15, 0.2) is 53.5 Å². The van der Waals surface area contributed by atoms with E-state index in [1.54, 1.807) is 36.0 Å². The summed E-state index contributed by atoms with van der Waals surface area (Å²) in [5.41, 5.74) is 4.19. The Kier molecular flexibility index (Phi) is 5.93. The number of benzene rings is 2. The van der Waals surface area contributed by atoms with Gasteiger partial charge in [-0.15, -0.1) is 10.2 Å². The van der Waals surface area contributed by atoms with E-state index in [4.69, 9.17) is 24.0 Å². The summed E-state index contributed by atoms with van der Waals surface area (Å²) in [6, 6.07) is 12.9. The molecule has 36 heavy (non-hydrogen) atoms. The summed E-state index contributed by atoms with van der Waals surface area (Å²) in [6.45, 7) is 2.03. The highest BCUT2D eigenvalue weighted by Crippen LogP contribution is 2.39. The van der Waals surface area contributed by atoms with Gasteiger partial charge < -0.3 is 18.9 Å². The van der Waals surface area contributed by atoms with Crippen molar-refractivity contribution in [2.75, 3.05) is 28.4 Å². The van der Waals surface area contributed by atoms with Crippen molar-refractivity contribution in [3.05, 3.63) is 64.7 Å². The summed E-state index contributed by atoms with van der Waals surface area (Å²) in [6.07, 6.45) is 2.36. The largest absolute Gasteiger partial charge is 0.497 e. The molecule has 5 aromatic rings. The maximum atomic E-state index is 13.5. The predicted octanol–water partition coefficient (Wildman–Crippen LogP) is 3.69. The first kappa shape index (κ1) is 23.2. The number of hydrogen-bond acceptors (Lipinski definition) is 8. The molecule has 5 rings (SSSR count). The molecule has 0 atom stereocenters. The van der Waals surface area contributed by atoms with Crippen LogP contribution in [0.4, 0.5) is 0 Å². The highest BCUT2D eigenvalue weighted by Gasteiger charge is 2.20. The lowest BCUT2D eigenvalue weighted by Gasteiger charge is -2.15. The van der Waals surface area contributed by atoms with Gasteiger partial charge in [0.25, 0.3) is 5.56 Å². The number of rotatable bonds is 7. The quantitative estimate of drug-likeness (QED) is 0.343. The average molecular weight is 488 g/mol. The fraction of sp³-hybridized carbons (Fsp3) is 0.231. The highest BCUT2D eigenvalue weighted by molar-refractivity contribution is 5.85. The Hall–Kier alpha value is -4.60. The Bertz CT molecular complexity index is 1610. The van der Waals surface area contributed by atoms with Crippen LogP contribution in [0.5, 0.6) is 23.0 Å². The van der Waals surface area contributed by atoms with Gasteiger partial charge in [0, 0.05) is 18.3 Å². The molecule has 184 valence electrons. The average Bonchev–Trinajstić information content (AvgIpc) is 3.31. The molecule has 3 heterocycles. The number of hydrogen-bond donors (Lipinski definition) is 0.